The minimum Gasteiger partial charge on any atom is -0.265 e. The van der Waals surface area contributed by atoms with Crippen LogP contribution in [0, 0.1) is 0 Å². The molecule has 1 nitrogen and oxygen atoms in total. The summed E-state index contributed by atoms with van der Waals surface area (Å²) in [5.41, 5.74) is 0. The van der Waals surface area contributed by atoms with Gasteiger partial charge in [0, 0.05) is 0 Å². The smallest absolute Gasteiger partial charge is 0.265 e. The van der Waals surface area contributed by atoms with Gasteiger partial charge in [0.05, 0.1) is 5.16 Å². The predicted molar refractivity (Wildman–Crippen MR) is 60.7 cm³/mol. The van der Waals surface area contributed by atoms with Crippen LogP contribution in [0.4, 0.5) is 0 Å². The Morgan fingerprint density at radius 1 is 1.15 bits per heavy atom. The van der Waals surface area contributed by atoms with Crippen molar-refractivity contribution in [2.45, 2.75) is 25.9 Å². The molecule has 0 saturated heterocycles. The molecule has 0 fully saturated rings. The first kappa shape index (κ1) is 10.8. The summed E-state index contributed by atoms with van der Waals surface area (Å²) in [5, 5.41) is 0.608. The molecular weight excluding hydrogens is 178 g/mol. The molecule has 2 radical (unpaired) electrons. The van der Waals surface area contributed by atoms with E-state index in [1.807, 2.05) is 51.1 Å². The summed E-state index contributed by atoms with van der Waals surface area (Å²) in [6.45, 7) is 5.90. The first-order valence-corrected chi connectivity index (χ1v) is 6.13. The number of rotatable bonds is 1. The second-order valence-corrected chi connectivity index (χ2v) is 7.42. The zero-order valence-corrected chi connectivity index (χ0v) is 9.25. The van der Waals surface area contributed by atoms with Crippen molar-refractivity contribution in [3.8, 4) is 0 Å². The van der Waals surface area contributed by atoms with Crippen LogP contribution in [0.1, 0.15) is 20.8 Å². The molecule has 0 aliphatic heterocycles. The van der Waals surface area contributed by atoms with Crippen molar-refractivity contribution in [2.24, 2.45) is 0 Å². The third kappa shape index (κ3) is 2.13. The fourth-order valence-corrected chi connectivity index (χ4v) is 2.44. The van der Waals surface area contributed by atoms with Crippen LogP contribution in [0.15, 0.2) is 30.3 Å². The zero-order valence-electron chi connectivity index (χ0n) is 8.36. The summed E-state index contributed by atoms with van der Waals surface area (Å²) >= 11 is 0. The van der Waals surface area contributed by atoms with Gasteiger partial charge in [-0.1, -0.05) is 18.2 Å². The molecule has 3 heteroatoms. The Kier molecular flexibility index (Phi) is 2.84. The molecule has 1 unspecified atom stereocenters. The van der Waals surface area contributed by atoms with Crippen LogP contribution in [-0.2, 0) is 0 Å². The molecule has 1 atom stereocenters. The largest absolute Gasteiger partial charge is 0.408 e. The first-order chi connectivity index (χ1) is 5.86. The first-order valence-electron chi connectivity index (χ1n) is 4.32. The average molecular weight is 193 g/mol. The third-order valence-corrected chi connectivity index (χ3v) is 5.30. The molecule has 0 bridgehead atoms. The normalized spacial score (nSPS) is 16.6. The highest BCUT2D eigenvalue weighted by Crippen LogP contribution is 2.59. The Bertz CT molecular complexity index is 277. The molecule has 0 spiro atoms. The van der Waals surface area contributed by atoms with Crippen molar-refractivity contribution in [1.29, 1.82) is 0 Å². The highest BCUT2D eigenvalue weighted by atomic mass is 31.2. The standard InChI is InChI=1S/C10H15BOP/c1-10(2,3)13(11,12)9-7-5-4-6-8-9/h4-8,12H,1-3H3/q+1. The highest BCUT2D eigenvalue weighted by Gasteiger charge is 2.45. The summed E-state index contributed by atoms with van der Waals surface area (Å²) in [7, 11) is 3.50. The van der Waals surface area contributed by atoms with Crippen molar-refractivity contribution >= 4 is 20.2 Å². The van der Waals surface area contributed by atoms with Gasteiger partial charge in [-0.3, -0.25) is 4.89 Å². The van der Waals surface area contributed by atoms with Crippen LogP contribution in [0.3, 0.4) is 0 Å². The quantitative estimate of drug-likeness (QED) is 0.534. The van der Waals surface area contributed by atoms with Crippen LogP contribution < -0.4 is 5.30 Å². The number of hydrogen-bond donors (Lipinski definition) is 1. The second-order valence-electron chi connectivity index (χ2n) is 4.19. The molecule has 13 heavy (non-hydrogen) atoms. The van der Waals surface area contributed by atoms with Gasteiger partial charge < -0.3 is 0 Å². The van der Waals surface area contributed by atoms with E-state index in [1.165, 1.54) is 0 Å². The minimum absolute atomic E-state index is 0.256. The van der Waals surface area contributed by atoms with E-state index < -0.39 is 7.37 Å². The predicted octanol–water partition coefficient (Wildman–Crippen LogP) is 2.12. The molecule has 68 valence electrons. The lowest BCUT2D eigenvalue weighted by molar-refractivity contribution is 0.581. The lowest BCUT2D eigenvalue weighted by atomic mass is 10.3. The fourth-order valence-electron chi connectivity index (χ4n) is 1.04. The molecule has 0 aliphatic rings. The van der Waals surface area contributed by atoms with Crippen LogP contribution in [0.25, 0.3) is 0 Å². The Labute approximate surface area is 82.0 Å². The SMILES string of the molecule is [B][P+](O)(c1ccccc1)C(C)(C)C. The van der Waals surface area contributed by atoms with E-state index in [4.69, 9.17) is 7.57 Å². The monoisotopic (exact) mass is 193 g/mol. The molecule has 1 N–H and O–H groups in total. The van der Waals surface area contributed by atoms with Crippen molar-refractivity contribution in [2.75, 3.05) is 0 Å². The van der Waals surface area contributed by atoms with Crippen LogP contribution in [-0.4, -0.2) is 17.6 Å². The highest BCUT2D eigenvalue weighted by molar-refractivity contribution is 7.99. The van der Waals surface area contributed by atoms with Crippen LogP contribution in [0.2, 0.25) is 0 Å². The Balaban J connectivity index is 3.08. The third-order valence-electron chi connectivity index (χ3n) is 2.17. The number of benzene rings is 1. The van der Waals surface area contributed by atoms with E-state index in [9.17, 15) is 4.89 Å². The Morgan fingerprint density at radius 3 is 2.00 bits per heavy atom. The van der Waals surface area contributed by atoms with Crippen molar-refractivity contribution in [3.05, 3.63) is 30.3 Å². The van der Waals surface area contributed by atoms with Crippen molar-refractivity contribution in [1.82, 2.24) is 0 Å². The van der Waals surface area contributed by atoms with E-state index >= 15 is 0 Å². The summed E-state index contributed by atoms with van der Waals surface area (Å²) in [6, 6.07) is 9.50. The topological polar surface area (TPSA) is 20.2 Å². The molecule has 0 aromatic heterocycles. The van der Waals surface area contributed by atoms with E-state index in [0.717, 1.165) is 5.30 Å². The molecule has 1 rings (SSSR count). The van der Waals surface area contributed by atoms with Gasteiger partial charge in [0.15, 0.2) is 0 Å². The maximum absolute atomic E-state index is 10.2. The van der Waals surface area contributed by atoms with Gasteiger partial charge in [-0.15, -0.1) is 0 Å². The summed E-state index contributed by atoms with van der Waals surface area (Å²) in [6.07, 6.45) is 0. The zero-order chi connectivity index (χ0) is 10.1. The van der Waals surface area contributed by atoms with Crippen molar-refractivity contribution < 1.29 is 4.89 Å². The minimum atomic E-state index is -2.48. The molecule has 0 aliphatic carbocycles. The average Bonchev–Trinajstić information content (AvgIpc) is 2.04. The molecule has 1 aromatic rings. The van der Waals surface area contributed by atoms with E-state index in [2.05, 4.69) is 0 Å². The summed E-state index contributed by atoms with van der Waals surface area (Å²) in [5.74, 6) is 0. The van der Waals surface area contributed by atoms with Gasteiger partial charge in [-0.05, 0) is 32.9 Å². The van der Waals surface area contributed by atoms with Gasteiger partial charge in [0.2, 0.25) is 0 Å². The molecule has 0 amide bonds. The van der Waals surface area contributed by atoms with Gasteiger partial charge in [0.1, 0.15) is 12.7 Å². The Morgan fingerprint density at radius 2 is 1.62 bits per heavy atom. The lowest BCUT2D eigenvalue weighted by Crippen LogP contribution is -2.28. The lowest BCUT2D eigenvalue weighted by Gasteiger charge is -2.29. The molecular formula is C10H15BOP+. The van der Waals surface area contributed by atoms with Gasteiger partial charge >= 0.3 is 7.57 Å². The fraction of sp³-hybridized carbons (Fsp3) is 0.400. The molecule has 0 saturated carbocycles. The maximum atomic E-state index is 10.2. The maximum Gasteiger partial charge on any atom is 0.408 e. The summed E-state index contributed by atoms with van der Waals surface area (Å²) < 4.78 is 0. The van der Waals surface area contributed by atoms with E-state index in [1.54, 1.807) is 0 Å². The van der Waals surface area contributed by atoms with Gasteiger partial charge in [-0.25, -0.2) is 0 Å². The van der Waals surface area contributed by atoms with Gasteiger partial charge in [0.25, 0.3) is 0 Å². The van der Waals surface area contributed by atoms with Gasteiger partial charge in [-0.2, -0.15) is 0 Å². The van der Waals surface area contributed by atoms with E-state index in [0.29, 0.717) is 0 Å². The van der Waals surface area contributed by atoms with Crippen LogP contribution >= 0.6 is 7.37 Å². The molecule has 1 aromatic carbocycles. The number of hydrogen-bond acceptors (Lipinski definition) is 1. The van der Waals surface area contributed by atoms with Crippen molar-refractivity contribution in [3.63, 3.8) is 0 Å². The summed E-state index contributed by atoms with van der Waals surface area (Å²) in [4.78, 5) is 10.2. The second kappa shape index (κ2) is 3.44. The molecule has 0 heterocycles. The van der Waals surface area contributed by atoms with Crippen LogP contribution in [0.5, 0.6) is 0 Å². The Hall–Kier alpha value is -0.325. The van der Waals surface area contributed by atoms with E-state index in [-0.39, 0.29) is 5.16 Å².